The van der Waals surface area contributed by atoms with E-state index in [0.29, 0.717) is 41.8 Å². The Morgan fingerprint density at radius 1 is 1.11 bits per heavy atom. The van der Waals surface area contributed by atoms with E-state index in [1.165, 1.54) is 12.0 Å². The predicted octanol–water partition coefficient (Wildman–Crippen LogP) is 3.78. The van der Waals surface area contributed by atoms with E-state index in [4.69, 9.17) is 20.9 Å². The van der Waals surface area contributed by atoms with Crippen molar-refractivity contribution in [1.29, 1.82) is 0 Å². The maximum absolute atomic E-state index is 14.1. The average Bonchev–Trinajstić information content (AvgIpc) is 3.29. The number of aromatic nitrogens is 1. The zero-order chi connectivity index (χ0) is 27.8. The van der Waals surface area contributed by atoms with Crippen molar-refractivity contribution in [1.82, 2.24) is 9.69 Å². The van der Waals surface area contributed by atoms with Crippen LogP contribution in [0.4, 0.5) is 11.4 Å². The van der Waals surface area contributed by atoms with Crippen molar-refractivity contribution in [2.45, 2.75) is 33.2 Å². The molecule has 0 saturated heterocycles. The van der Waals surface area contributed by atoms with Crippen molar-refractivity contribution in [2.75, 3.05) is 30.9 Å². The number of primary amides is 1. The van der Waals surface area contributed by atoms with Gasteiger partial charge in [-0.25, -0.2) is 0 Å². The number of rotatable bonds is 12. The Kier molecular flexibility index (Phi) is 9.66. The van der Waals surface area contributed by atoms with Crippen molar-refractivity contribution in [3.63, 3.8) is 0 Å². The van der Waals surface area contributed by atoms with E-state index >= 15 is 0 Å². The van der Waals surface area contributed by atoms with E-state index in [2.05, 4.69) is 23.5 Å². The molecule has 5 N–H and O–H groups in total. The molecule has 0 fully saturated rings. The summed E-state index contributed by atoms with van der Waals surface area (Å²) in [5.74, 6) is -0.512. The standard InChI is InChI=1S/C27H33N5O5S/c1-5-37-18-12-10-17(11-13-18)23(26(34)30-15-14-16(2)3)32(19-8-6-7-9-20(19)36-4)27(35)24-21(28)22(25(29)33)31-38-24/h6-13,16,23H,5,14-15,28H2,1-4H3,(H2,29,33)(H,30,34)/t23-/m1/s1. The van der Waals surface area contributed by atoms with Crippen LogP contribution in [0.15, 0.2) is 48.5 Å². The second-order valence-electron chi connectivity index (χ2n) is 8.86. The lowest BCUT2D eigenvalue weighted by molar-refractivity contribution is -0.122. The number of amides is 3. The first-order valence-corrected chi connectivity index (χ1v) is 13.0. The van der Waals surface area contributed by atoms with Crippen LogP contribution in [0.1, 0.15) is 59.0 Å². The Bertz CT molecular complexity index is 1280. The first-order valence-electron chi connectivity index (χ1n) is 12.2. The molecule has 3 aromatic rings. The molecule has 202 valence electrons. The number of carbonyl (C=O) groups is 3. The van der Waals surface area contributed by atoms with E-state index in [1.54, 1.807) is 48.5 Å². The Labute approximate surface area is 226 Å². The summed E-state index contributed by atoms with van der Waals surface area (Å²) in [5.41, 5.74) is 12.0. The second kappa shape index (κ2) is 12.9. The second-order valence-corrected chi connectivity index (χ2v) is 9.64. The highest BCUT2D eigenvalue weighted by molar-refractivity contribution is 7.09. The molecule has 2 aromatic carbocycles. The van der Waals surface area contributed by atoms with Crippen molar-refractivity contribution < 1.29 is 23.9 Å². The Hall–Kier alpha value is -4.12. The molecule has 0 aliphatic carbocycles. The zero-order valence-electron chi connectivity index (χ0n) is 21.9. The minimum atomic E-state index is -1.11. The van der Waals surface area contributed by atoms with E-state index < -0.39 is 23.8 Å². The third-order valence-electron chi connectivity index (χ3n) is 5.75. The minimum absolute atomic E-state index is 0.0179. The van der Waals surface area contributed by atoms with E-state index in [0.717, 1.165) is 18.0 Å². The summed E-state index contributed by atoms with van der Waals surface area (Å²) >= 11 is 0.745. The van der Waals surface area contributed by atoms with Crippen LogP contribution in [-0.2, 0) is 4.79 Å². The van der Waals surface area contributed by atoms with Gasteiger partial charge in [-0.15, -0.1) is 0 Å². The summed E-state index contributed by atoms with van der Waals surface area (Å²) in [7, 11) is 1.47. The quantitative estimate of drug-likeness (QED) is 0.317. The highest BCUT2D eigenvalue weighted by Crippen LogP contribution is 2.38. The largest absolute Gasteiger partial charge is 0.495 e. The van der Waals surface area contributed by atoms with Gasteiger partial charge in [-0.3, -0.25) is 19.3 Å². The van der Waals surface area contributed by atoms with Gasteiger partial charge in [0.15, 0.2) is 5.69 Å². The smallest absolute Gasteiger partial charge is 0.273 e. The molecular formula is C27H33N5O5S. The van der Waals surface area contributed by atoms with Crippen molar-refractivity contribution >= 4 is 40.6 Å². The molecule has 1 heterocycles. The topological polar surface area (TPSA) is 150 Å². The number of nitrogens with one attached hydrogen (secondary N) is 1. The van der Waals surface area contributed by atoms with Gasteiger partial charge in [0.2, 0.25) is 5.91 Å². The summed E-state index contributed by atoms with van der Waals surface area (Å²) in [6, 6.07) is 12.7. The number of benzene rings is 2. The molecule has 1 aromatic heterocycles. The van der Waals surface area contributed by atoms with Gasteiger partial charge in [-0.2, -0.15) is 4.37 Å². The van der Waals surface area contributed by atoms with E-state index in [1.807, 2.05) is 6.92 Å². The van der Waals surface area contributed by atoms with Crippen LogP contribution in [0.25, 0.3) is 0 Å². The molecule has 11 heteroatoms. The lowest BCUT2D eigenvalue weighted by atomic mass is 10.0. The van der Waals surface area contributed by atoms with Crippen LogP contribution < -0.4 is 31.2 Å². The van der Waals surface area contributed by atoms with Gasteiger partial charge in [0, 0.05) is 6.54 Å². The summed E-state index contributed by atoms with van der Waals surface area (Å²) in [6.45, 7) is 6.90. The molecule has 0 bridgehead atoms. The maximum atomic E-state index is 14.1. The Morgan fingerprint density at radius 2 is 1.79 bits per heavy atom. The zero-order valence-corrected chi connectivity index (χ0v) is 22.7. The molecule has 38 heavy (non-hydrogen) atoms. The fourth-order valence-corrected chi connectivity index (χ4v) is 4.59. The Balaban J connectivity index is 2.20. The molecule has 0 spiro atoms. The number of nitrogens with two attached hydrogens (primary N) is 2. The van der Waals surface area contributed by atoms with Crippen LogP contribution in [-0.4, -0.2) is 42.4 Å². The highest BCUT2D eigenvalue weighted by atomic mass is 32.1. The lowest BCUT2D eigenvalue weighted by Gasteiger charge is -2.32. The maximum Gasteiger partial charge on any atom is 0.273 e. The van der Waals surface area contributed by atoms with E-state index in [9.17, 15) is 14.4 Å². The number of hydrogen-bond donors (Lipinski definition) is 3. The molecule has 10 nitrogen and oxygen atoms in total. The Morgan fingerprint density at radius 3 is 2.37 bits per heavy atom. The van der Waals surface area contributed by atoms with Gasteiger partial charge in [0.05, 0.1) is 25.1 Å². The van der Waals surface area contributed by atoms with Gasteiger partial charge < -0.3 is 26.3 Å². The van der Waals surface area contributed by atoms with Crippen molar-refractivity contribution in [2.24, 2.45) is 11.7 Å². The normalized spacial score (nSPS) is 11.6. The van der Waals surface area contributed by atoms with Crippen LogP contribution in [0.3, 0.4) is 0 Å². The first-order chi connectivity index (χ1) is 18.2. The summed E-state index contributed by atoms with van der Waals surface area (Å²) in [6.07, 6.45) is 0.758. The van der Waals surface area contributed by atoms with Crippen LogP contribution in [0, 0.1) is 5.92 Å². The summed E-state index contributed by atoms with van der Waals surface area (Å²) < 4.78 is 15.1. The van der Waals surface area contributed by atoms with Crippen LogP contribution in [0.5, 0.6) is 11.5 Å². The van der Waals surface area contributed by atoms with Crippen molar-refractivity contribution in [3.8, 4) is 11.5 Å². The molecule has 0 unspecified atom stereocenters. The lowest BCUT2D eigenvalue weighted by Crippen LogP contribution is -2.44. The monoisotopic (exact) mass is 539 g/mol. The third-order valence-corrected chi connectivity index (χ3v) is 6.60. The van der Waals surface area contributed by atoms with Gasteiger partial charge >= 0.3 is 0 Å². The van der Waals surface area contributed by atoms with Crippen LogP contribution in [0.2, 0.25) is 0 Å². The summed E-state index contributed by atoms with van der Waals surface area (Å²) in [4.78, 5) is 41.0. The highest BCUT2D eigenvalue weighted by Gasteiger charge is 2.37. The van der Waals surface area contributed by atoms with Gasteiger partial charge in [0.25, 0.3) is 11.8 Å². The third kappa shape index (κ3) is 6.41. The number of nitrogens with zero attached hydrogens (tertiary/aromatic N) is 2. The molecule has 1 atom stereocenters. The van der Waals surface area contributed by atoms with Crippen LogP contribution >= 0.6 is 11.5 Å². The fourth-order valence-electron chi connectivity index (χ4n) is 3.84. The molecule has 0 aliphatic heterocycles. The number of carbonyl (C=O) groups excluding carboxylic acids is 3. The van der Waals surface area contributed by atoms with Gasteiger partial charge in [-0.1, -0.05) is 38.1 Å². The minimum Gasteiger partial charge on any atom is -0.495 e. The SMILES string of the molecule is CCOc1ccc([C@H](C(=O)NCCC(C)C)N(C(=O)c2snc(C(N)=O)c2N)c2ccccc2OC)cc1. The molecule has 0 radical (unpaired) electrons. The summed E-state index contributed by atoms with van der Waals surface area (Å²) in [5, 5.41) is 2.96. The van der Waals surface area contributed by atoms with Crippen molar-refractivity contribution in [3.05, 3.63) is 64.7 Å². The fraction of sp³-hybridized carbons (Fsp3) is 0.333. The molecular weight excluding hydrogens is 506 g/mol. The number of nitrogen functional groups attached to an aromatic ring is 1. The number of anilines is 2. The number of methoxy groups -OCH3 is 1. The number of para-hydroxylation sites is 2. The average molecular weight is 540 g/mol. The predicted molar refractivity (Wildman–Crippen MR) is 148 cm³/mol. The van der Waals surface area contributed by atoms with Gasteiger partial charge in [0.1, 0.15) is 22.4 Å². The number of hydrogen-bond acceptors (Lipinski definition) is 8. The first kappa shape index (κ1) is 28.5. The van der Waals surface area contributed by atoms with Gasteiger partial charge in [-0.05, 0) is 60.6 Å². The number of ether oxygens (including phenoxy) is 2. The molecule has 3 rings (SSSR count). The van der Waals surface area contributed by atoms with E-state index in [-0.39, 0.29) is 16.3 Å². The molecule has 0 saturated carbocycles. The molecule has 3 amide bonds. The molecule has 0 aliphatic rings.